The zero-order chi connectivity index (χ0) is 27.7. The fraction of sp³-hybridized carbons (Fsp3) is 0.267. The van der Waals surface area contributed by atoms with Crippen LogP contribution in [0.2, 0.25) is 0 Å². The minimum absolute atomic E-state index is 0.0326. The third kappa shape index (κ3) is 4.60. The molecular weight excluding hydrogens is 500 g/mol. The van der Waals surface area contributed by atoms with Crippen LogP contribution in [0.3, 0.4) is 0 Å². The van der Waals surface area contributed by atoms with E-state index < -0.39 is 17.7 Å². The van der Waals surface area contributed by atoms with Gasteiger partial charge in [0.2, 0.25) is 0 Å². The van der Waals surface area contributed by atoms with Gasteiger partial charge in [-0.3, -0.25) is 14.5 Å². The first kappa shape index (κ1) is 26.0. The summed E-state index contributed by atoms with van der Waals surface area (Å²) in [5.74, 6) is 0.344. The molecule has 0 spiro atoms. The maximum atomic E-state index is 13.6. The van der Waals surface area contributed by atoms with Crippen LogP contribution in [0.5, 0.6) is 23.0 Å². The number of carbonyl (C=O) groups excluding carboxylic acids is 2. The molecule has 9 heteroatoms. The molecule has 0 aromatic heterocycles. The molecule has 0 aliphatic carbocycles. The highest BCUT2D eigenvalue weighted by Crippen LogP contribution is 2.45. The molecule has 1 N–H and O–H groups in total. The van der Waals surface area contributed by atoms with Crippen molar-refractivity contribution in [1.29, 1.82) is 0 Å². The van der Waals surface area contributed by atoms with E-state index in [2.05, 4.69) is 0 Å². The molecule has 39 heavy (non-hydrogen) atoms. The first-order valence-corrected chi connectivity index (χ1v) is 12.6. The molecule has 0 bridgehead atoms. The molecule has 1 amide bonds. The second-order valence-corrected chi connectivity index (χ2v) is 9.17. The standard InChI is InChI=1S/C30H30N2O7/c1-5-38-25-16-18(9-12-24(25)37-4)27-26(28(33)19-10-11-23-22(15-19)31(2)13-14-39-23)29(34)30(35)32(27)20-7-6-8-21(17-20)36-3/h6-12,15-17,27,33H,5,13-14H2,1-4H3/b28-26+. The van der Waals surface area contributed by atoms with E-state index in [1.165, 1.54) is 19.1 Å². The summed E-state index contributed by atoms with van der Waals surface area (Å²) in [5, 5.41) is 11.6. The molecule has 1 fully saturated rings. The number of Topliss-reactive ketones (excluding diaryl/α,β-unsaturated/α-hetero) is 1. The molecule has 2 aliphatic rings. The molecule has 2 aliphatic heterocycles. The van der Waals surface area contributed by atoms with E-state index in [0.717, 1.165) is 5.69 Å². The number of fused-ring (bicyclic) bond motifs is 1. The fourth-order valence-corrected chi connectivity index (χ4v) is 4.96. The smallest absolute Gasteiger partial charge is 0.300 e. The van der Waals surface area contributed by atoms with E-state index in [9.17, 15) is 14.7 Å². The van der Waals surface area contributed by atoms with Crippen molar-refractivity contribution in [2.24, 2.45) is 0 Å². The Morgan fingerprint density at radius 3 is 2.59 bits per heavy atom. The number of anilines is 2. The van der Waals surface area contributed by atoms with Gasteiger partial charge in [-0.15, -0.1) is 0 Å². The van der Waals surface area contributed by atoms with Crippen LogP contribution in [-0.4, -0.2) is 57.8 Å². The first-order valence-electron chi connectivity index (χ1n) is 12.6. The van der Waals surface area contributed by atoms with Crippen LogP contribution in [-0.2, 0) is 9.59 Å². The second kappa shape index (κ2) is 10.6. The number of likely N-dealkylation sites (N-methyl/N-ethyl adjacent to an activating group) is 1. The summed E-state index contributed by atoms with van der Waals surface area (Å²) < 4.78 is 22.3. The lowest BCUT2D eigenvalue weighted by atomic mass is 9.94. The van der Waals surface area contributed by atoms with Gasteiger partial charge >= 0.3 is 0 Å². The van der Waals surface area contributed by atoms with Crippen LogP contribution < -0.4 is 28.7 Å². The third-order valence-corrected chi connectivity index (χ3v) is 6.91. The van der Waals surface area contributed by atoms with Crippen LogP contribution in [0, 0.1) is 0 Å². The summed E-state index contributed by atoms with van der Waals surface area (Å²) in [7, 11) is 5.00. The van der Waals surface area contributed by atoms with Gasteiger partial charge in [0.1, 0.15) is 23.9 Å². The number of ether oxygens (including phenoxy) is 4. The Balaban J connectivity index is 1.72. The summed E-state index contributed by atoms with van der Waals surface area (Å²) in [6.07, 6.45) is 0. The molecule has 0 saturated carbocycles. The second-order valence-electron chi connectivity index (χ2n) is 9.17. The van der Waals surface area contributed by atoms with Crippen molar-refractivity contribution >= 4 is 28.8 Å². The van der Waals surface area contributed by atoms with Gasteiger partial charge in [0, 0.05) is 24.4 Å². The minimum atomic E-state index is -0.938. The van der Waals surface area contributed by atoms with Crippen molar-refractivity contribution in [3.05, 3.63) is 77.4 Å². The SMILES string of the molecule is CCOc1cc(C2/C(=C(\O)c3ccc4c(c3)N(C)CCO4)C(=O)C(=O)N2c2cccc(OC)c2)ccc1OC. The number of ketones is 1. The van der Waals surface area contributed by atoms with Crippen LogP contribution in [0.25, 0.3) is 5.76 Å². The van der Waals surface area contributed by atoms with Crippen LogP contribution >= 0.6 is 0 Å². The van der Waals surface area contributed by atoms with Crippen molar-refractivity contribution in [3.8, 4) is 23.0 Å². The van der Waals surface area contributed by atoms with Gasteiger partial charge in [-0.2, -0.15) is 0 Å². The summed E-state index contributed by atoms with van der Waals surface area (Å²) in [5.41, 5.74) is 2.18. The molecule has 3 aromatic rings. The molecule has 3 aromatic carbocycles. The normalized spacial score (nSPS) is 18.0. The summed E-state index contributed by atoms with van der Waals surface area (Å²) in [4.78, 5) is 30.5. The van der Waals surface area contributed by atoms with Gasteiger partial charge in [-0.25, -0.2) is 0 Å². The Morgan fingerprint density at radius 2 is 1.85 bits per heavy atom. The zero-order valence-electron chi connectivity index (χ0n) is 22.3. The average molecular weight is 531 g/mol. The van der Waals surface area contributed by atoms with Gasteiger partial charge in [0.15, 0.2) is 11.5 Å². The van der Waals surface area contributed by atoms with E-state index in [4.69, 9.17) is 18.9 Å². The Hall–Kier alpha value is -4.66. The fourth-order valence-electron chi connectivity index (χ4n) is 4.96. The number of carbonyl (C=O) groups is 2. The van der Waals surface area contributed by atoms with Crippen LogP contribution in [0.15, 0.2) is 66.2 Å². The van der Waals surface area contributed by atoms with Crippen molar-refractivity contribution in [2.75, 3.05) is 50.8 Å². The Labute approximate surface area is 226 Å². The highest BCUT2D eigenvalue weighted by Gasteiger charge is 2.47. The van der Waals surface area contributed by atoms with Gasteiger partial charge in [0.05, 0.1) is 44.7 Å². The van der Waals surface area contributed by atoms with E-state index in [1.807, 2.05) is 18.9 Å². The van der Waals surface area contributed by atoms with Crippen LogP contribution in [0.1, 0.15) is 24.1 Å². The van der Waals surface area contributed by atoms with Crippen molar-refractivity contribution in [3.63, 3.8) is 0 Å². The van der Waals surface area contributed by atoms with Gasteiger partial charge in [-0.05, 0) is 55.0 Å². The van der Waals surface area contributed by atoms with Crippen molar-refractivity contribution < 1.29 is 33.6 Å². The molecular formula is C30H30N2O7. The number of aliphatic hydroxyl groups excluding tert-OH is 1. The molecule has 1 atom stereocenters. The number of rotatable bonds is 7. The molecule has 1 saturated heterocycles. The molecule has 2 heterocycles. The summed E-state index contributed by atoms with van der Waals surface area (Å²) in [6.45, 7) is 3.48. The zero-order valence-corrected chi connectivity index (χ0v) is 22.3. The van der Waals surface area contributed by atoms with E-state index in [1.54, 1.807) is 60.7 Å². The highest BCUT2D eigenvalue weighted by atomic mass is 16.5. The monoisotopic (exact) mass is 530 g/mol. The predicted molar refractivity (Wildman–Crippen MR) is 147 cm³/mol. The first-order chi connectivity index (χ1) is 18.9. The molecule has 0 radical (unpaired) electrons. The number of methoxy groups -OCH3 is 2. The molecule has 202 valence electrons. The predicted octanol–water partition coefficient (Wildman–Crippen LogP) is 4.56. The number of nitrogens with zero attached hydrogens (tertiary/aromatic N) is 2. The molecule has 1 unspecified atom stereocenters. The third-order valence-electron chi connectivity index (χ3n) is 6.91. The number of aliphatic hydroxyl groups is 1. The maximum Gasteiger partial charge on any atom is 0.300 e. The number of hydrogen-bond acceptors (Lipinski definition) is 8. The molecule has 5 rings (SSSR count). The number of benzene rings is 3. The largest absolute Gasteiger partial charge is 0.507 e. The Kier molecular flexibility index (Phi) is 7.06. The van der Waals surface area contributed by atoms with Gasteiger partial charge in [-0.1, -0.05) is 12.1 Å². The van der Waals surface area contributed by atoms with Crippen LogP contribution in [0.4, 0.5) is 11.4 Å². The maximum absolute atomic E-state index is 13.6. The highest BCUT2D eigenvalue weighted by molar-refractivity contribution is 6.51. The van der Waals surface area contributed by atoms with E-state index in [0.29, 0.717) is 59.6 Å². The quantitative estimate of drug-likeness (QED) is 0.270. The topological polar surface area (TPSA) is 97.8 Å². The lowest BCUT2D eigenvalue weighted by Crippen LogP contribution is -2.29. The number of hydrogen-bond donors (Lipinski definition) is 1. The Morgan fingerprint density at radius 1 is 1.03 bits per heavy atom. The minimum Gasteiger partial charge on any atom is -0.507 e. The summed E-state index contributed by atoms with van der Waals surface area (Å²) in [6, 6.07) is 16.4. The lowest BCUT2D eigenvalue weighted by Gasteiger charge is -2.28. The number of amides is 1. The summed E-state index contributed by atoms with van der Waals surface area (Å²) >= 11 is 0. The van der Waals surface area contributed by atoms with Gasteiger partial charge in [0.25, 0.3) is 11.7 Å². The Bertz CT molecular complexity index is 1470. The van der Waals surface area contributed by atoms with E-state index in [-0.39, 0.29) is 11.3 Å². The lowest BCUT2D eigenvalue weighted by molar-refractivity contribution is -0.132. The molecule has 9 nitrogen and oxygen atoms in total. The van der Waals surface area contributed by atoms with E-state index >= 15 is 0 Å². The average Bonchev–Trinajstić information content (AvgIpc) is 3.22. The van der Waals surface area contributed by atoms with Crippen molar-refractivity contribution in [1.82, 2.24) is 0 Å². The van der Waals surface area contributed by atoms with Gasteiger partial charge < -0.3 is 29.0 Å². The van der Waals surface area contributed by atoms with Crippen molar-refractivity contribution in [2.45, 2.75) is 13.0 Å².